The topological polar surface area (TPSA) is 106 Å². The summed E-state index contributed by atoms with van der Waals surface area (Å²) in [7, 11) is 0. The molecule has 1 aromatic heterocycles. The minimum atomic E-state index is -0.545. The number of benzene rings is 1. The summed E-state index contributed by atoms with van der Waals surface area (Å²) < 4.78 is 5.56. The van der Waals surface area contributed by atoms with E-state index in [4.69, 9.17) is 4.74 Å². The molecule has 0 atom stereocenters. The molecule has 0 saturated heterocycles. The third-order valence-corrected chi connectivity index (χ3v) is 5.20. The normalized spacial score (nSPS) is 12.9. The fraction of sp³-hybridized carbons (Fsp3) is 0.278. The van der Waals surface area contributed by atoms with Crippen LogP contribution in [-0.2, 0) is 9.53 Å². The van der Waals surface area contributed by atoms with Crippen molar-refractivity contribution in [2.45, 2.75) is 19.8 Å². The molecule has 0 radical (unpaired) electrons. The predicted molar refractivity (Wildman–Crippen MR) is 105 cm³/mol. The number of hydrogen-bond donors (Lipinski definition) is 1. The van der Waals surface area contributed by atoms with E-state index in [0.29, 0.717) is 22.7 Å². The van der Waals surface area contributed by atoms with Crippen molar-refractivity contribution in [2.24, 2.45) is 0 Å². The van der Waals surface area contributed by atoms with Crippen LogP contribution in [0.25, 0.3) is 0 Å². The van der Waals surface area contributed by atoms with Crippen molar-refractivity contribution in [3.05, 3.63) is 44.9 Å². The van der Waals surface area contributed by atoms with Crippen molar-refractivity contribution in [3.8, 4) is 0 Å². The van der Waals surface area contributed by atoms with Crippen molar-refractivity contribution in [3.63, 3.8) is 0 Å². The fourth-order valence-electron chi connectivity index (χ4n) is 2.68. The first kappa shape index (κ1) is 20.2. The molecule has 3 rings (SSSR count). The maximum atomic E-state index is 12.4. The third-order valence-electron chi connectivity index (χ3n) is 3.95. The summed E-state index contributed by atoms with van der Waals surface area (Å²) >= 11 is 4.40. The Morgan fingerprint density at radius 1 is 1.25 bits per heavy atom. The van der Waals surface area contributed by atoms with Crippen LogP contribution >= 0.6 is 27.3 Å². The second-order valence-electron chi connectivity index (χ2n) is 5.86. The van der Waals surface area contributed by atoms with Crippen LogP contribution < -0.4 is 5.32 Å². The van der Waals surface area contributed by atoms with Gasteiger partial charge in [-0.15, -0.1) is 11.3 Å². The molecule has 2 heterocycles. The molecule has 1 N–H and O–H groups in total. The summed E-state index contributed by atoms with van der Waals surface area (Å²) in [5.41, 5.74) is 0.865. The van der Waals surface area contributed by atoms with Crippen LogP contribution in [0.1, 0.15) is 51.0 Å². The van der Waals surface area contributed by atoms with E-state index in [0.717, 1.165) is 20.7 Å². The van der Waals surface area contributed by atoms with Gasteiger partial charge in [0.15, 0.2) is 10.8 Å². The Labute approximate surface area is 173 Å². The molecule has 0 aliphatic carbocycles. The van der Waals surface area contributed by atoms with Crippen LogP contribution in [0.3, 0.4) is 0 Å². The number of thiazole rings is 1. The molecule has 0 bridgehead atoms. The van der Waals surface area contributed by atoms with Crippen LogP contribution in [-0.4, -0.2) is 46.7 Å². The van der Waals surface area contributed by atoms with Crippen LogP contribution in [0.2, 0.25) is 0 Å². The zero-order valence-electron chi connectivity index (χ0n) is 14.9. The number of anilines is 1. The fourth-order valence-corrected chi connectivity index (χ4v) is 3.73. The molecule has 1 aliphatic heterocycles. The van der Waals surface area contributed by atoms with E-state index in [9.17, 15) is 19.2 Å². The van der Waals surface area contributed by atoms with Gasteiger partial charge in [0.1, 0.15) is 0 Å². The van der Waals surface area contributed by atoms with Crippen molar-refractivity contribution in [1.82, 2.24) is 9.88 Å². The van der Waals surface area contributed by atoms with Crippen molar-refractivity contribution >= 4 is 56.1 Å². The summed E-state index contributed by atoms with van der Waals surface area (Å²) in [4.78, 5) is 53.5. The zero-order chi connectivity index (χ0) is 20.3. The van der Waals surface area contributed by atoms with Gasteiger partial charge in [0.2, 0.25) is 5.91 Å². The molecule has 0 unspecified atom stereocenters. The average Bonchev–Trinajstić information content (AvgIpc) is 3.20. The van der Waals surface area contributed by atoms with Gasteiger partial charge in [-0.3, -0.25) is 19.3 Å². The number of fused-ring (bicyclic) bond motifs is 1. The second kappa shape index (κ2) is 8.61. The van der Waals surface area contributed by atoms with Crippen LogP contribution in [0.5, 0.6) is 0 Å². The molecular weight excluding hydrogens is 450 g/mol. The molecule has 3 amide bonds. The lowest BCUT2D eigenvalue weighted by molar-refractivity contribution is -0.116. The first-order valence-corrected chi connectivity index (χ1v) is 10.2. The minimum absolute atomic E-state index is 0.103. The number of ether oxygens (including phenoxy) is 1. The lowest BCUT2D eigenvalue weighted by Crippen LogP contribution is -2.31. The molecule has 0 fully saturated rings. The molecule has 8 nitrogen and oxygen atoms in total. The van der Waals surface area contributed by atoms with Crippen molar-refractivity contribution in [2.75, 3.05) is 18.5 Å². The monoisotopic (exact) mass is 465 g/mol. The molecule has 0 spiro atoms. The highest BCUT2D eigenvalue weighted by Gasteiger charge is 2.35. The number of esters is 1. The van der Waals surface area contributed by atoms with E-state index in [2.05, 4.69) is 26.2 Å². The third kappa shape index (κ3) is 4.28. The van der Waals surface area contributed by atoms with E-state index in [-0.39, 0.29) is 43.0 Å². The Hall–Kier alpha value is -2.59. The highest BCUT2D eigenvalue weighted by Crippen LogP contribution is 2.26. The largest absolute Gasteiger partial charge is 0.461 e. The highest BCUT2D eigenvalue weighted by atomic mass is 79.9. The summed E-state index contributed by atoms with van der Waals surface area (Å²) in [6, 6.07) is 4.93. The molecule has 146 valence electrons. The van der Waals surface area contributed by atoms with Crippen LogP contribution in [0.15, 0.2) is 28.1 Å². The summed E-state index contributed by atoms with van der Waals surface area (Å²) in [5, 5.41) is 4.39. The number of carbonyl (C=O) groups is 4. The van der Waals surface area contributed by atoms with Gasteiger partial charge in [0.25, 0.3) is 11.8 Å². The molecular formula is C18H16BrN3O5S. The number of nitrogens with one attached hydrogen (secondary N) is 1. The van der Waals surface area contributed by atoms with E-state index in [1.807, 2.05) is 0 Å². The number of amides is 3. The van der Waals surface area contributed by atoms with Gasteiger partial charge >= 0.3 is 5.97 Å². The lowest BCUT2D eigenvalue weighted by Gasteiger charge is -2.13. The quantitative estimate of drug-likeness (QED) is 0.497. The van der Waals surface area contributed by atoms with Gasteiger partial charge < -0.3 is 10.1 Å². The van der Waals surface area contributed by atoms with E-state index >= 15 is 0 Å². The first-order valence-electron chi connectivity index (χ1n) is 8.49. The van der Waals surface area contributed by atoms with Gasteiger partial charge in [0.05, 0.1) is 17.7 Å². The average molecular weight is 466 g/mol. The summed E-state index contributed by atoms with van der Waals surface area (Å²) in [6.45, 7) is 2.08. The van der Waals surface area contributed by atoms with E-state index in [1.165, 1.54) is 5.38 Å². The number of hydrogen-bond acceptors (Lipinski definition) is 7. The molecule has 0 saturated carbocycles. The Balaban J connectivity index is 1.50. The van der Waals surface area contributed by atoms with Crippen molar-refractivity contribution < 1.29 is 23.9 Å². The number of nitrogens with zero attached hydrogens (tertiary/aromatic N) is 2. The smallest absolute Gasteiger partial charge is 0.357 e. The van der Waals surface area contributed by atoms with Gasteiger partial charge in [-0.1, -0.05) is 15.9 Å². The number of halogens is 1. The van der Waals surface area contributed by atoms with Crippen molar-refractivity contribution in [1.29, 1.82) is 0 Å². The molecule has 10 heteroatoms. The Kier molecular flexibility index (Phi) is 6.20. The predicted octanol–water partition coefficient (Wildman–Crippen LogP) is 3.10. The zero-order valence-corrected chi connectivity index (χ0v) is 17.3. The second-order valence-corrected chi connectivity index (χ2v) is 7.64. The number of aromatic nitrogens is 1. The molecule has 1 aromatic carbocycles. The van der Waals surface area contributed by atoms with Gasteiger partial charge in [-0.25, -0.2) is 9.78 Å². The van der Waals surface area contributed by atoms with Gasteiger partial charge in [-0.2, -0.15) is 0 Å². The van der Waals surface area contributed by atoms with E-state index in [1.54, 1.807) is 25.1 Å². The van der Waals surface area contributed by atoms with E-state index < -0.39 is 5.97 Å². The summed E-state index contributed by atoms with van der Waals surface area (Å²) in [5.74, 6) is -1.58. The van der Waals surface area contributed by atoms with Gasteiger partial charge in [-0.05, 0) is 31.5 Å². The standard InChI is InChI=1S/C18H16BrN3O5S/c1-2-27-17(26)13-9-28-18(20-13)21-14(23)4-3-7-22-15(24)11-6-5-10(19)8-12(11)16(22)25/h5-6,8-9H,2-4,7H2,1H3,(H,20,21,23). The number of carbonyl (C=O) groups excluding carboxylic acids is 4. The Morgan fingerprint density at radius 3 is 2.75 bits per heavy atom. The molecule has 28 heavy (non-hydrogen) atoms. The molecule has 1 aliphatic rings. The van der Waals surface area contributed by atoms with Crippen LogP contribution in [0, 0.1) is 0 Å². The Morgan fingerprint density at radius 2 is 2.00 bits per heavy atom. The SMILES string of the molecule is CCOC(=O)c1csc(NC(=O)CCCN2C(=O)c3ccc(Br)cc3C2=O)n1. The maximum Gasteiger partial charge on any atom is 0.357 e. The minimum Gasteiger partial charge on any atom is -0.461 e. The van der Waals surface area contributed by atoms with Gasteiger partial charge in [0, 0.05) is 22.8 Å². The highest BCUT2D eigenvalue weighted by molar-refractivity contribution is 9.10. The molecule has 2 aromatic rings. The van der Waals surface area contributed by atoms with Crippen LogP contribution in [0.4, 0.5) is 5.13 Å². The summed E-state index contributed by atoms with van der Waals surface area (Å²) in [6.07, 6.45) is 0.417. The number of rotatable bonds is 7. The maximum absolute atomic E-state index is 12.4. The first-order chi connectivity index (χ1) is 13.4. The number of imide groups is 1. The Bertz CT molecular complexity index is 958. The lowest BCUT2D eigenvalue weighted by atomic mass is 10.1.